The van der Waals surface area contributed by atoms with Crippen LogP contribution in [0.2, 0.25) is 0 Å². The average molecular weight is 284 g/mol. The van der Waals surface area contributed by atoms with Crippen molar-refractivity contribution < 1.29 is 9.59 Å². The van der Waals surface area contributed by atoms with Gasteiger partial charge < -0.3 is 16.4 Å². The first-order chi connectivity index (χ1) is 8.56. The molecule has 1 fully saturated rings. The van der Waals surface area contributed by atoms with Gasteiger partial charge in [0.1, 0.15) is 0 Å². The standard InChI is InChI=1S/C13H17N3O2.ClH/c1-8(14)12(17)15-10-3-2-4-11(7-10)16-13(18)9-5-6-9;/h2-4,7-9H,5-6,14H2,1H3,(H,15,17)(H,16,18);1H. The van der Waals surface area contributed by atoms with Crippen LogP contribution in [0, 0.1) is 5.92 Å². The second-order valence-corrected chi connectivity index (χ2v) is 4.62. The first kappa shape index (κ1) is 15.5. The summed E-state index contributed by atoms with van der Waals surface area (Å²) in [6.45, 7) is 1.62. The van der Waals surface area contributed by atoms with Crippen LogP contribution in [0.15, 0.2) is 24.3 Å². The number of hydrogen-bond acceptors (Lipinski definition) is 3. The summed E-state index contributed by atoms with van der Waals surface area (Å²) < 4.78 is 0. The molecule has 6 heteroatoms. The third kappa shape index (κ3) is 4.54. The van der Waals surface area contributed by atoms with E-state index in [4.69, 9.17) is 5.73 Å². The molecule has 0 bridgehead atoms. The van der Waals surface area contributed by atoms with Crippen molar-refractivity contribution >= 4 is 35.6 Å². The van der Waals surface area contributed by atoms with Gasteiger partial charge in [-0.15, -0.1) is 12.4 Å². The topological polar surface area (TPSA) is 84.2 Å². The van der Waals surface area contributed by atoms with E-state index < -0.39 is 6.04 Å². The molecule has 104 valence electrons. The zero-order valence-corrected chi connectivity index (χ0v) is 11.5. The maximum absolute atomic E-state index is 11.6. The van der Waals surface area contributed by atoms with Gasteiger partial charge in [-0.25, -0.2) is 0 Å². The van der Waals surface area contributed by atoms with Crippen LogP contribution in [-0.4, -0.2) is 17.9 Å². The summed E-state index contributed by atoms with van der Waals surface area (Å²) in [6.07, 6.45) is 1.93. The van der Waals surface area contributed by atoms with Crippen LogP contribution in [0.1, 0.15) is 19.8 Å². The molecule has 0 radical (unpaired) electrons. The number of carbonyl (C=O) groups is 2. The molecule has 1 unspecified atom stereocenters. The molecule has 2 amide bonds. The highest BCUT2D eigenvalue weighted by Gasteiger charge is 2.29. The lowest BCUT2D eigenvalue weighted by Gasteiger charge is -2.10. The number of halogens is 1. The predicted octanol–water partition coefficient (Wildman–Crippen LogP) is 1.74. The molecule has 5 nitrogen and oxygen atoms in total. The Hall–Kier alpha value is -1.59. The minimum absolute atomic E-state index is 0. The van der Waals surface area contributed by atoms with Crippen molar-refractivity contribution in [2.45, 2.75) is 25.8 Å². The summed E-state index contributed by atoms with van der Waals surface area (Å²) in [7, 11) is 0. The van der Waals surface area contributed by atoms with Gasteiger partial charge in [0, 0.05) is 17.3 Å². The molecule has 0 spiro atoms. The molecule has 1 aliphatic carbocycles. The predicted molar refractivity (Wildman–Crippen MR) is 77.3 cm³/mol. The van der Waals surface area contributed by atoms with Crippen molar-refractivity contribution in [2.24, 2.45) is 11.7 Å². The molecule has 0 saturated heterocycles. The van der Waals surface area contributed by atoms with Crippen LogP contribution in [0.5, 0.6) is 0 Å². The zero-order valence-electron chi connectivity index (χ0n) is 10.7. The lowest BCUT2D eigenvalue weighted by atomic mass is 10.2. The maximum atomic E-state index is 11.6. The summed E-state index contributed by atoms with van der Waals surface area (Å²) in [5, 5.41) is 5.51. The first-order valence-corrected chi connectivity index (χ1v) is 6.03. The normalized spacial score (nSPS) is 15.1. The van der Waals surface area contributed by atoms with E-state index in [0.717, 1.165) is 12.8 Å². The average Bonchev–Trinajstić information content (AvgIpc) is 3.12. The SMILES string of the molecule is CC(N)C(=O)Nc1cccc(NC(=O)C2CC2)c1.Cl. The van der Waals surface area contributed by atoms with Crippen LogP contribution < -0.4 is 16.4 Å². The van der Waals surface area contributed by atoms with Gasteiger partial charge in [-0.1, -0.05) is 6.07 Å². The highest BCUT2D eigenvalue weighted by Crippen LogP contribution is 2.30. The van der Waals surface area contributed by atoms with E-state index in [1.54, 1.807) is 31.2 Å². The Kier molecular flexibility index (Phi) is 5.32. The molecule has 0 aliphatic heterocycles. The van der Waals surface area contributed by atoms with Gasteiger partial charge in [0.15, 0.2) is 0 Å². The molecule has 0 heterocycles. The number of nitrogens with one attached hydrogen (secondary N) is 2. The van der Waals surface area contributed by atoms with Gasteiger partial charge in [-0.05, 0) is 38.0 Å². The van der Waals surface area contributed by atoms with Gasteiger partial charge in [0.2, 0.25) is 11.8 Å². The van der Waals surface area contributed by atoms with Gasteiger partial charge in [-0.3, -0.25) is 9.59 Å². The van der Waals surface area contributed by atoms with E-state index in [0.29, 0.717) is 11.4 Å². The van der Waals surface area contributed by atoms with E-state index in [-0.39, 0.29) is 30.1 Å². The minimum Gasteiger partial charge on any atom is -0.326 e. The molecule has 1 aliphatic rings. The van der Waals surface area contributed by atoms with Crippen molar-refractivity contribution in [3.05, 3.63) is 24.3 Å². The molecule has 1 aromatic rings. The molecular formula is C13H18ClN3O2. The van der Waals surface area contributed by atoms with Crippen molar-refractivity contribution in [1.29, 1.82) is 0 Å². The Morgan fingerprint density at radius 3 is 2.37 bits per heavy atom. The van der Waals surface area contributed by atoms with Crippen molar-refractivity contribution in [1.82, 2.24) is 0 Å². The van der Waals surface area contributed by atoms with Crippen LogP contribution in [0.3, 0.4) is 0 Å². The Bertz CT molecular complexity index is 441. The largest absolute Gasteiger partial charge is 0.326 e. The van der Waals surface area contributed by atoms with Gasteiger partial charge in [0.05, 0.1) is 6.04 Å². The van der Waals surface area contributed by atoms with Crippen LogP contribution in [0.4, 0.5) is 11.4 Å². The van der Waals surface area contributed by atoms with Crippen LogP contribution >= 0.6 is 12.4 Å². The van der Waals surface area contributed by atoms with Crippen LogP contribution in [-0.2, 0) is 9.59 Å². The Labute approximate surface area is 118 Å². The Morgan fingerprint density at radius 2 is 1.84 bits per heavy atom. The summed E-state index contributed by atoms with van der Waals surface area (Å²) in [4.78, 5) is 23.0. The molecule has 4 N–H and O–H groups in total. The molecule has 2 rings (SSSR count). The minimum atomic E-state index is -0.560. The van der Waals surface area contributed by atoms with E-state index in [1.807, 2.05) is 0 Å². The number of hydrogen-bond donors (Lipinski definition) is 3. The quantitative estimate of drug-likeness (QED) is 0.787. The summed E-state index contributed by atoms with van der Waals surface area (Å²) >= 11 is 0. The van der Waals surface area contributed by atoms with E-state index in [2.05, 4.69) is 10.6 Å². The number of amides is 2. The molecule has 0 aromatic heterocycles. The molecular weight excluding hydrogens is 266 g/mol. The van der Waals surface area contributed by atoms with Crippen LogP contribution in [0.25, 0.3) is 0 Å². The number of carbonyl (C=O) groups excluding carboxylic acids is 2. The smallest absolute Gasteiger partial charge is 0.240 e. The Morgan fingerprint density at radius 1 is 1.26 bits per heavy atom. The molecule has 1 saturated carbocycles. The summed E-state index contributed by atoms with van der Waals surface area (Å²) in [5.74, 6) is -0.0429. The summed E-state index contributed by atoms with van der Waals surface area (Å²) in [5.41, 5.74) is 6.79. The molecule has 1 atom stereocenters. The molecule has 19 heavy (non-hydrogen) atoms. The number of rotatable bonds is 4. The lowest BCUT2D eigenvalue weighted by Crippen LogP contribution is -2.32. The number of anilines is 2. The third-order valence-corrected chi connectivity index (χ3v) is 2.76. The number of nitrogens with two attached hydrogens (primary N) is 1. The number of benzene rings is 1. The van der Waals surface area contributed by atoms with Gasteiger partial charge >= 0.3 is 0 Å². The first-order valence-electron chi connectivity index (χ1n) is 6.03. The fourth-order valence-corrected chi connectivity index (χ4v) is 1.52. The van der Waals surface area contributed by atoms with Gasteiger partial charge in [-0.2, -0.15) is 0 Å². The maximum Gasteiger partial charge on any atom is 0.240 e. The highest BCUT2D eigenvalue weighted by molar-refractivity contribution is 5.97. The fourth-order valence-electron chi connectivity index (χ4n) is 1.52. The Balaban J connectivity index is 0.00000180. The zero-order chi connectivity index (χ0) is 13.1. The third-order valence-electron chi connectivity index (χ3n) is 2.76. The van der Waals surface area contributed by atoms with Crippen molar-refractivity contribution in [3.8, 4) is 0 Å². The van der Waals surface area contributed by atoms with E-state index in [1.165, 1.54) is 0 Å². The fraction of sp³-hybridized carbons (Fsp3) is 0.385. The van der Waals surface area contributed by atoms with Gasteiger partial charge in [0.25, 0.3) is 0 Å². The summed E-state index contributed by atoms with van der Waals surface area (Å²) in [6, 6.07) is 6.49. The second kappa shape index (κ2) is 6.54. The highest BCUT2D eigenvalue weighted by atomic mass is 35.5. The molecule has 1 aromatic carbocycles. The second-order valence-electron chi connectivity index (χ2n) is 4.62. The van der Waals surface area contributed by atoms with Crippen molar-refractivity contribution in [2.75, 3.05) is 10.6 Å². The van der Waals surface area contributed by atoms with E-state index >= 15 is 0 Å². The lowest BCUT2D eigenvalue weighted by molar-refractivity contribution is -0.117. The van der Waals surface area contributed by atoms with E-state index in [9.17, 15) is 9.59 Å². The van der Waals surface area contributed by atoms with Crippen molar-refractivity contribution in [3.63, 3.8) is 0 Å². The monoisotopic (exact) mass is 283 g/mol.